The Bertz CT molecular complexity index is 481. The molecule has 1 aliphatic heterocycles. The van der Waals surface area contributed by atoms with Gasteiger partial charge in [-0.1, -0.05) is 36.4 Å². The van der Waals surface area contributed by atoms with Gasteiger partial charge >= 0.3 is 5.97 Å². The molecule has 0 amide bonds. The predicted octanol–water partition coefficient (Wildman–Crippen LogP) is 1.95. The van der Waals surface area contributed by atoms with Crippen LogP contribution in [0, 0.1) is 5.92 Å². The number of nitrogens with one attached hydrogen (secondary N) is 1. The monoisotopic (exact) mass is 288 g/mol. The lowest BCUT2D eigenvalue weighted by molar-refractivity contribution is -0.902. The number of esters is 1. The minimum Gasteiger partial charge on any atom is -0.466 e. The molecule has 1 aromatic rings. The number of piperidine rings is 1. The molecule has 1 aromatic carbocycles. The van der Waals surface area contributed by atoms with Crippen molar-refractivity contribution in [2.75, 3.05) is 26.2 Å². The molecule has 2 atom stereocenters. The molecule has 21 heavy (non-hydrogen) atoms. The maximum atomic E-state index is 11.9. The maximum Gasteiger partial charge on any atom is 0.314 e. The van der Waals surface area contributed by atoms with E-state index < -0.39 is 0 Å². The van der Waals surface area contributed by atoms with E-state index in [4.69, 9.17) is 4.74 Å². The summed E-state index contributed by atoms with van der Waals surface area (Å²) in [6.45, 7) is 7.59. The summed E-state index contributed by atoms with van der Waals surface area (Å²) in [5, 5.41) is 0. The Balaban J connectivity index is 1.90. The molecule has 1 heterocycles. The number of ether oxygens (including phenoxy) is 1. The van der Waals surface area contributed by atoms with Crippen LogP contribution in [0.3, 0.4) is 0 Å². The van der Waals surface area contributed by atoms with E-state index in [2.05, 4.69) is 37.3 Å². The van der Waals surface area contributed by atoms with Crippen LogP contribution in [0.25, 0.3) is 6.08 Å². The van der Waals surface area contributed by atoms with Crippen LogP contribution in [0.2, 0.25) is 0 Å². The summed E-state index contributed by atoms with van der Waals surface area (Å²) in [6.07, 6.45) is 4.32. The highest BCUT2D eigenvalue weighted by atomic mass is 16.5. The zero-order valence-electron chi connectivity index (χ0n) is 13.1. The summed E-state index contributed by atoms with van der Waals surface area (Å²) in [6, 6.07) is 10.4. The van der Waals surface area contributed by atoms with E-state index in [9.17, 15) is 4.79 Å². The molecule has 1 unspecified atom stereocenters. The van der Waals surface area contributed by atoms with Crippen LogP contribution in [-0.4, -0.2) is 32.2 Å². The summed E-state index contributed by atoms with van der Waals surface area (Å²) >= 11 is 0. The van der Waals surface area contributed by atoms with Gasteiger partial charge in [0.05, 0.1) is 26.2 Å². The van der Waals surface area contributed by atoms with Crippen molar-refractivity contribution in [2.45, 2.75) is 26.7 Å². The van der Waals surface area contributed by atoms with Crippen molar-refractivity contribution in [3.8, 4) is 0 Å². The predicted molar refractivity (Wildman–Crippen MR) is 85.0 cm³/mol. The second-order valence-electron chi connectivity index (χ2n) is 5.87. The number of rotatable bonds is 5. The molecule has 0 bridgehead atoms. The largest absolute Gasteiger partial charge is 0.466 e. The Morgan fingerprint density at radius 3 is 2.86 bits per heavy atom. The Labute approximate surface area is 127 Å². The van der Waals surface area contributed by atoms with Crippen LogP contribution in [-0.2, 0) is 9.53 Å². The second-order valence-corrected chi connectivity index (χ2v) is 5.87. The number of hydrogen-bond acceptors (Lipinski definition) is 2. The number of quaternary nitrogens is 1. The fourth-order valence-corrected chi connectivity index (χ4v) is 3.05. The zero-order valence-corrected chi connectivity index (χ0v) is 13.1. The van der Waals surface area contributed by atoms with Crippen molar-refractivity contribution in [3.63, 3.8) is 0 Å². The molecular weight excluding hydrogens is 262 g/mol. The smallest absolute Gasteiger partial charge is 0.314 e. The van der Waals surface area contributed by atoms with Gasteiger partial charge in [0.15, 0.2) is 0 Å². The molecule has 0 saturated carbocycles. The molecule has 0 spiro atoms. The fourth-order valence-electron chi connectivity index (χ4n) is 3.05. The first kappa shape index (κ1) is 15.8. The van der Waals surface area contributed by atoms with Crippen molar-refractivity contribution in [1.82, 2.24) is 0 Å². The van der Waals surface area contributed by atoms with Gasteiger partial charge in [0.25, 0.3) is 0 Å². The third-order valence-corrected chi connectivity index (χ3v) is 3.98. The van der Waals surface area contributed by atoms with Gasteiger partial charge in [-0.3, -0.25) is 4.79 Å². The van der Waals surface area contributed by atoms with E-state index in [1.165, 1.54) is 16.0 Å². The van der Waals surface area contributed by atoms with Crippen molar-refractivity contribution < 1.29 is 14.4 Å². The standard InChI is InChI=1S/C18H25NO2/c1-3-21-18(20)17-10-7-11-19(14-17)13-15(2)12-16-8-5-4-6-9-16/h4-6,8-9,12,17H,3,7,10-11,13-14H2,1-2H3/p+1/t17-/m1/s1. The Kier molecular flexibility index (Phi) is 6.00. The van der Waals surface area contributed by atoms with Crippen LogP contribution in [0.15, 0.2) is 35.9 Å². The van der Waals surface area contributed by atoms with E-state index in [1.54, 1.807) is 0 Å². The van der Waals surface area contributed by atoms with E-state index in [1.807, 2.05) is 13.0 Å². The van der Waals surface area contributed by atoms with Gasteiger partial charge in [-0.15, -0.1) is 0 Å². The number of carbonyl (C=O) groups excluding carboxylic acids is 1. The molecule has 1 fully saturated rings. The van der Waals surface area contributed by atoms with Gasteiger partial charge in [-0.25, -0.2) is 0 Å². The minimum absolute atomic E-state index is 0.0145. The quantitative estimate of drug-likeness (QED) is 0.840. The summed E-state index contributed by atoms with van der Waals surface area (Å²) < 4.78 is 5.16. The van der Waals surface area contributed by atoms with Gasteiger partial charge < -0.3 is 9.64 Å². The van der Waals surface area contributed by atoms with Crippen molar-refractivity contribution in [2.24, 2.45) is 5.92 Å². The third kappa shape index (κ3) is 5.01. The molecule has 0 aromatic heterocycles. The molecule has 114 valence electrons. The van der Waals surface area contributed by atoms with Crippen molar-refractivity contribution >= 4 is 12.0 Å². The lowest BCUT2D eigenvalue weighted by atomic mass is 9.97. The van der Waals surface area contributed by atoms with Gasteiger partial charge in [-0.05, 0) is 37.8 Å². The average molecular weight is 288 g/mol. The fraction of sp³-hybridized carbons (Fsp3) is 0.500. The topological polar surface area (TPSA) is 30.7 Å². The summed E-state index contributed by atoms with van der Waals surface area (Å²) in [4.78, 5) is 13.4. The molecular formula is C18H26NO2+. The molecule has 3 nitrogen and oxygen atoms in total. The molecule has 1 N–H and O–H groups in total. The highest BCUT2D eigenvalue weighted by molar-refractivity contribution is 5.72. The lowest BCUT2D eigenvalue weighted by Gasteiger charge is -2.28. The summed E-state index contributed by atoms with van der Waals surface area (Å²) in [5.41, 5.74) is 2.61. The summed E-state index contributed by atoms with van der Waals surface area (Å²) in [5.74, 6) is 0.0672. The number of carbonyl (C=O) groups is 1. The minimum atomic E-state index is -0.0145. The SMILES string of the molecule is CCOC(=O)[C@@H]1CCC[NH+](CC(C)=Cc2ccccc2)C1. The first-order valence-electron chi connectivity index (χ1n) is 7.91. The highest BCUT2D eigenvalue weighted by Gasteiger charge is 2.29. The van der Waals surface area contributed by atoms with Crippen LogP contribution < -0.4 is 4.90 Å². The Hall–Kier alpha value is -1.61. The van der Waals surface area contributed by atoms with Gasteiger partial charge in [0.2, 0.25) is 0 Å². The number of hydrogen-bond donors (Lipinski definition) is 1. The maximum absolute atomic E-state index is 11.9. The first-order valence-corrected chi connectivity index (χ1v) is 7.91. The normalized spacial score (nSPS) is 22.9. The Morgan fingerprint density at radius 2 is 2.14 bits per heavy atom. The van der Waals surface area contributed by atoms with Crippen LogP contribution >= 0.6 is 0 Å². The second kappa shape index (κ2) is 7.99. The van der Waals surface area contributed by atoms with Crippen LogP contribution in [0.4, 0.5) is 0 Å². The van der Waals surface area contributed by atoms with E-state index in [0.29, 0.717) is 6.61 Å². The summed E-state index contributed by atoms with van der Waals surface area (Å²) in [7, 11) is 0. The average Bonchev–Trinajstić information content (AvgIpc) is 2.48. The molecule has 0 radical (unpaired) electrons. The number of likely N-dealkylation sites (tertiary alicyclic amines) is 1. The van der Waals surface area contributed by atoms with Gasteiger partial charge in [-0.2, -0.15) is 0 Å². The number of benzene rings is 1. The van der Waals surface area contributed by atoms with E-state index in [-0.39, 0.29) is 11.9 Å². The molecule has 1 aliphatic rings. The first-order chi connectivity index (χ1) is 10.2. The van der Waals surface area contributed by atoms with Crippen molar-refractivity contribution in [1.29, 1.82) is 0 Å². The lowest BCUT2D eigenvalue weighted by Crippen LogP contribution is -3.13. The van der Waals surface area contributed by atoms with Crippen LogP contribution in [0.5, 0.6) is 0 Å². The van der Waals surface area contributed by atoms with Gasteiger partial charge in [0, 0.05) is 0 Å². The Morgan fingerprint density at radius 1 is 1.38 bits per heavy atom. The van der Waals surface area contributed by atoms with Crippen LogP contribution in [0.1, 0.15) is 32.3 Å². The molecule has 2 rings (SSSR count). The molecule has 1 saturated heterocycles. The van der Waals surface area contributed by atoms with E-state index >= 15 is 0 Å². The zero-order chi connectivity index (χ0) is 15.1. The molecule has 0 aliphatic carbocycles. The van der Waals surface area contributed by atoms with E-state index in [0.717, 1.165) is 32.5 Å². The van der Waals surface area contributed by atoms with Gasteiger partial charge in [0.1, 0.15) is 5.92 Å². The molecule has 3 heteroatoms. The highest BCUT2D eigenvalue weighted by Crippen LogP contribution is 2.10. The van der Waals surface area contributed by atoms with Crippen molar-refractivity contribution in [3.05, 3.63) is 41.5 Å². The third-order valence-electron chi connectivity index (χ3n) is 3.98.